The van der Waals surface area contributed by atoms with E-state index in [4.69, 9.17) is 11.6 Å². The predicted octanol–water partition coefficient (Wildman–Crippen LogP) is 3.70. The fraction of sp³-hybridized carbons (Fsp3) is 0.294. The Morgan fingerprint density at radius 3 is 2.26 bits per heavy atom. The van der Waals surface area contributed by atoms with Crippen LogP contribution in [-0.2, 0) is 20.0 Å². The molecule has 0 saturated heterocycles. The zero-order valence-corrected chi connectivity index (χ0v) is 17.2. The van der Waals surface area contributed by atoms with Crippen molar-refractivity contribution in [3.63, 3.8) is 0 Å². The quantitative estimate of drug-likeness (QED) is 0.686. The van der Waals surface area contributed by atoms with E-state index in [9.17, 15) is 21.2 Å². The Bertz CT molecular complexity index is 1010. The number of hydrogen-bond donors (Lipinski definition) is 1. The minimum absolute atomic E-state index is 0.0591. The Hall–Kier alpha value is -1.68. The second-order valence-corrected chi connectivity index (χ2v) is 9.99. The van der Waals surface area contributed by atoms with E-state index in [0.29, 0.717) is 6.54 Å². The summed E-state index contributed by atoms with van der Waals surface area (Å²) in [7, 11) is -6.19. The highest BCUT2D eigenvalue weighted by atomic mass is 35.5. The first-order valence-corrected chi connectivity index (χ1v) is 11.4. The molecule has 1 N–H and O–H groups in total. The van der Waals surface area contributed by atoms with Crippen LogP contribution in [0.25, 0.3) is 0 Å². The standard InChI is InChI=1S/C17H20ClFN2O4S2/c1-3-4-11-21(2)27(24,25)15-8-6-14(7-9-15)20-26(22,23)17-10-5-13(19)12-16(17)18/h5-10,12,20H,3-4,11H2,1-2H3. The number of nitrogens with one attached hydrogen (secondary N) is 1. The average Bonchev–Trinajstić information content (AvgIpc) is 2.59. The summed E-state index contributed by atoms with van der Waals surface area (Å²) < 4.78 is 66.4. The van der Waals surface area contributed by atoms with Crippen molar-refractivity contribution in [3.05, 3.63) is 53.3 Å². The third kappa shape index (κ3) is 5.19. The molecular weight excluding hydrogens is 415 g/mol. The molecule has 6 nitrogen and oxygen atoms in total. The van der Waals surface area contributed by atoms with Gasteiger partial charge in [0, 0.05) is 19.3 Å². The highest BCUT2D eigenvalue weighted by Gasteiger charge is 2.21. The first-order chi connectivity index (χ1) is 12.6. The molecule has 0 fully saturated rings. The SMILES string of the molecule is CCCCN(C)S(=O)(=O)c1ccc(NS(=O)(=O)c2ccc(F)cc2Cl)cc1. The number of sulfonamides is 2. The van der Waals surface area contributed by atoms with E-state index in [-0.39, 0.29) is 20.5 Å². The Morgan fingerprint density at radius 2 is 1.70 bits per heavy atom. The van der Waals surface area contributed by atoms with Crippen molar-refractivity contribution in [3.8, 4) is 0 Å². The summed E-state index contributed by atoms with van der Waals surface area (Å²) in [4.78, 5) is -0.217. The van der Waals surface area contributed by atoms with Crippen molar-refractivity contribution in [2.24, 2.45) is 0 Å². The van der Waals surface area contributed by atoms with Gasteiger partial charge in [0.05, 0.1) is 9.92 Å². The van der Waals surface area contributed by atoms with Crippen LogP contribution < -0.4 is 4.72 Å². The van der Waals surface area contributed by atoms with E-state index < -0.39 is 25.9 Å². The molecule has 0 aliphatic carbocycles. The zero-order chi connectivity index (χ0) is 20.2. The lowest BCUT2D eigenvalue weighted by atomic mass is 10.3. The van der Waals surface area contributed by atoms with Gasteiger partial charge >= 0.3 is 0 Å². The van der Waals surface area contributed by atoms with Crippen molar-refractivity contribution in [1.82, 2.24) is 4.31 Å². The number of rotatable bonds is 8. The molecule has 0 spiro atoms. The second-order valence-electron chi connectivity index (χ2n) is 5.88. The van der Waals surface area contributed by atoms with Gasteiger partial charge < -0.3 is 0 Å². The number of nitrogens with zero attached hydrogens (tertiary/aromatic N) is 1. The lowest BCUT2D eigenvalue weighted by molar-refractivity contribution is 0.459. The highest BCUT2D eigenvalue weighted by molar-refractivity contribution is 7.92. The van der Waals surface area contributed by atoms with E-state index in [0.717, 1.165) is 31.0 Å². The van der Waals surface area contributed by atoms with Gasteiger partial charge in [-0.15, -0.1) is 0 Å². The molecule has 148 valence electrons. The minimum atomic E-state index is -4.05. The van der Waals surface area contributed by atoms with Crippen LogP contribution in [0.5, 0.6) is 0 Å². The van der Waals surface area contributed by atoms with Crippen LogP contribution in [0.4, 0.5) is 10.1 Å². The Morgan fingerprint density at radius 1 is 1.07 bits per heavy atom. The van der Waals surface area contributed by atoms with E-state index in [1.165, 1.54) is 35.6 Å². The zero-order valence-electron chi connectivity index (χ0n) is 14.8. The molecule has 0 saturated carbocycles. The summed E-state index contributed by atoms with van der Waals surface area (Å²) in [5.74, 6) is -0.652. The van der Waals surface area contributed by atoms with Crippen molar-refractivity contribution < 1.29 is 21.2 Å². The molecule has 2 aromatic rings. The van der Waals surface area contributed by atoms with Gasteiger partial charge in [-0.2, -0.15) is 0 Å². The summed E-state index contributed by atoms with van der Waals surface area (Å²) >= 11 is 5.80. The lowest BCUT2D eigenvalue weighted by Crippen LogP contribution is -2.27. The largest absolute Gasteiger partial charge is 0.280 e. The Labute approximate surface area is 164 Å². The van der Waals surface area contributed by atoms with Crippen molar-refractivity contribution in [2.75, 3.05) is 18.3 Å². The van der Waals surface area contributed by atoms with Crippen molar-refractivity contribution in [1.29, 1.82) is 0 Å². The molecule has 0 heterocycles. The Balaban J connectivity index is 2.22. The summed E-state index contributed by atoms with van der Waals surface area (Å²) in [6.45, 7) is 2.37. The normalized spacial score (nSPS) is 12.3. The molecule has 0 bridgehead atoms. The van der Waals surface area contributed by atoms with Gasteiger partial charge in [0.1, 0.15) is 10.7 Å². The van der Waals surface area contributed by atoms with E-state index >= 15 is 0 Å². The molecule has 2 aromatic carbocycles. The topological polar surface area (TPSA) is 83.6 Å². The molecular formula is C17H20ClFN2O4S2. The molecule has 0 aliphatic heterocycles. The van der Waals surface area contributed by atoms with Crippen LogP contribution in [0, 0.1) is 5.82 Å². The van der Waals surface area contributed by atoms with Crippen LogP contribution in [-0.4, -0.2) is 34.7 Å². The lowest BCUT2D eigenvalue weighted by Gasteiger charge is -2.17. The van der Waals surface area contributed by atoms with Crippen LogP contribution >= 0.6 is 11.6 Å². The summed E-state index contributed by atoms with van der Waals surface area (Å²) in [6, 6.07) is 8.27. The van der Waals surface area contributed by atoms with Crippen LogP contribution in [0.1, 0.15) is 19.8 Å². The molecule has 0 aliphatic rings. The van der Waals surface area contributed by atoms with E-state index in [1.54, 1.807) is 0 Å². The third-order valence-corrected chi connectivity index (χ3v) is 7.56. The van der Waals surface area contributed by atoms with Crippen LogP contribution in [0.3, 0.4) is 0 Å². The second kappa shape index (κ2) is 8.55. The molecule has 10 heteroatoms. The smallest absolute Gasteiger partial charge is 0.263 e. The molecule has 0 unspecified atom stereocenters. The molecule has 0 aromatic heterocycles. The first-order valence-electron chi connectivity index (χ1n) is 8.12. The van der Waals surface area contributed by atoms with Crippen LogP contribution in [0.15, 0.2) is 52.3 Å². The Kier molecular flexibility index (Phi) is 6.85. The van der Waals surface area contributed by atoms with Gasteiger partial charge in [-0.05, 0) is 48.9 Å². The number of halogens is 2. The molecule has 2 rings (SSSR count). The summed E-state index contributed by atoms with van der Waals surface area (Å²) in [5.41, 5.74) is 0.158. The molecule has 27 heavy (non-hydrogen) atoms. The third-order valence-electron chi connectivity index (χ3n) is 3.82. The molecule has 0 radical (unpaired) electrons. The summed E-state index contributed by atoms with van der Waals surface area (Å²) in [5, 5.41) is -0.251. The van der Waals surface area contributed by atoms with Crippen LogP contribution in [0.2, 0.25) is 5.02 Å². The fourth-order valence-corrected chi connectivity index (χ4v) is 5.08. The molecule has 0 atom stereocenters. The average molecular weight is 435 g/mol. The van der Waals surface area contributed by atoms with Gasteiger partial charge in [-0.1, -0.05) is 24.9 Å². The van der Waals surface area contributed by atoms with E-state index in [1.807, 2.05) is 6.92 Å². The van der Waals surface area contributed by atoms with Gasteiger partial charge in [0.2, 0.25) is 10.0 Å². The van der Waals surface area contributed by atoms with Gasteiger partial charge in [-0.25, -0.2) is 25.5 Å². The summed E-state index contributed by atoms with van der Waals surface area (Å²) in [6.07, 6.45) is 1.61. The number of anilines is 1. The number of hydrogen-bond acceptors (Lipinski definition) is 4. The fourth-order valence-electron chi connectivity index (χ4n) is 2.28. The van der Waals surface area contributed by atoms with Crippen molar-refractivity contribution in [2.45, 2.75) is 29.6 Å². The number of benzene rings is 2. The van der Waals surface area contributed by atoms with E-state index in [2.05, 4.69) is 4.72 Å². The maximum Gasteiger partial charge on any atom is 0.263 e. The maximum absolute atomic E-state index is 13.1. The highest BCUT2D eigenvalue weighted by Crippen LogP contribution is 2.25. The van der Waals surface area contributed by atoms with Gasteiger partial charge in [0.15, 0.2) is 0 Å². The minimum Gasteiger partial charge on any atom is -0.280 e. The maximum atomic E-state index is 13.1. The van der Waals surface area contributed by atoms with Crippen molar-refractivity contribution >= 4 is 37.3 Å². The van der Waals surface area contributed by atoms with Gasteiger partial charge in [-0.3, -0.25) is 4.72 Å². The monoisotopic (exact) mass is 434 g/mol. The predicted molar refractivity (Wildman–Crippen MR) is 103 cm³/mol. The number of unbranched alkanes of at least 4 members (excludes halogenated alkanes) is 1. The van der Waals surface area contributed by atoms with Gasteiger partial charge in [0.25, 0.3) is 10.0 Å². The first kappa shape index (κ1) is 21.6. The molecule has 0 amide bonds.